The number of piperidine rings is 1. The maximum Gasteiger partial charge on any atom is 0.317 e. The van der Waals surface area contributed by atoms with Crippen LogP contribution in [-0.2, 0) is 0 Å². The van der Waals surface area contributed by atoms with Crippen molar-refractivity contribution in [2.45, 2.75) is 18.9 Å². The fraction of sp³-hybridized carbons (Fsp3) is 0.368. The average molecular weight is 383 g/mol. The van der Waals surface area contributed by atoms with Crippen LogP contribution in [0.3, 0.4) is 0 Å². The van der Waals surface area contributed by atoms with E-state index in [4.69, 9.17) is 5.73 Å². The number of primary amides is 1. The molecule has 28 heavy (non-hydrogen) atoms. The Labute approximate surface area is 163 Å². The molecular weight excluding hydrogens is 358 g/mol. The number of hydrogen-bond donors (Lipinski definition) is 3. The Morgan fingerprint density at radius 2 is 2.00 bits per heavy atom. The number of hydrogen-bond acceptors (Lipinski definition) is 6. The van der Waals surface area contributed by atoms with E-state index >= 15 is 0 Å². The lowest BCUT2D eigenvalue weighted by Crippen LogP contribution is -2.50. The molecule has 3 amide bonds. The molecule has 1 aromatic carbocycles. The van der Waals surface area contributed by atoms with Crippen LogP contribution in [0, 0.1) is 0 Å². The number of para-hydroxylation sites is 1. The third-order valence-corrected chi connectivity index (χ3v) is 4.51. The summed E-state index contributed by atoms with van der Waals surface area (Å²) in [6.45, 7) is 1.42. The molecule has 1 fully saturated rings. The third-order valence-electron chi connectivity index (χ3n) is 4.51. The summed E-state index contributed by atoms with van der Waals surface area (Å²) in [4.78, 5) is 36.1. The minimum Gasteiger partial charge on any atom is -0.364 e. The van der Waals surface area contributed by atoms with Crippen molar-refractivity contribution in [3.63, 3.8) is 0 Å². The van der Waals surface area contributed by atoms with Gasteiger partial charge in [-0.25, -0.2) is 14.8 Å². The first-order valence-electron chi connectivity index (χ1n) is 9.15. The maximum absolute atomic E-state index is 11.9. The summed E-state index contributed by atoms with van der Waals surface area (Å²) in [6.07, 6.45) is 3.36. The number of nitrogens with one attached hydrogen (secondary N) is 2. The number of amides is 3. The van der Waals surface area contributed by atoms with Gasteiger partial charge in [-0.05, 0) is 25.0 Å². The molecule has 0 spiro atoms. The topological polar surface area (TPSA) is 116 Å². The first kappa shape index (κ1) is 19.4. The van der Waals surface area contributed by atoms with E-state index in [0.29, 0.717) is 18.2 Å². The van der Waals surface area contributed by atoms with Crippen LogP contribution in [0.5, 0.6) is 0 Å². The van der Waals surface area contributed by atoms with Crippen LogP contribution in [0.4, 0.5) is 22.1 Å². The lowest BCUT2D eigenvalue weighted by atomic mass is 10.1. The molecule has 2 heterocycles. The number of rotatable bonds is 5. The quantitative estimate of drug-likeness (QED) is 0.721. The van der Waals surface area contributed by atoms with E-state index in [2.05, 4.69) is 25.5 Å². The summed E-state index contributed by atoms with van der Waals surface area (Å²) < 4.78 is 0. The lowest BCUT2D eigenvalue weighted by molar-refractivity contribution is 0.0996. The second-order valence-electron chi connectivity index (χ2n) is 6.91. The van der Waals surface area contributed by atoms with Gasteiger partial charge in [0, 0.05) is 38.9 Å². The number of benzene rings is 1. The Morgan fingerprint density at radius 3 is 2.68 bits per heavy atom. The lowest BCUT2D eigenvalue weighted by Gasteiger charge is -2.34. The molecular formula is C19H25N7O2. The molecule has 0 radical (unpaired) electrons. The SMILES string of the molecule is CN(C)C(=O)NC1CCCN(c2cnc(C(N)=O)c(Nc3ccccc3)n2)C1. The standard InChI is InChI=1S/C19H25N7O2/c1-25(2)19(28)23-14-9-6-10-26(12-14)15-11-21-16(17(20)27)18(24-15)22-13-7-4-3-5-8-13/h3-5,7-8,11,14H,6,9-10,12H2,1-2H3,(H2,20,27)(H,22,24)(H,23,28). The van der Waals surface area contributed by atoms with Gasteiger partial charge in [0.15, 0.2) is 11.5 Å². The number of carbonyl (C=O) groups excluding carboxylic acids is 2. The molecule has 1 atom stereocenters. The molecule has 9 heteroatoms. The molecule has 1 aliphatic rings. The van der Waals surface area contributed by atoms with Gasteiger partial charge < -0.3 is 26.2 Å². The predicted molar refractivity (Wildman–Crippen MR) is 108 cm³/mol. The van der Waals surface area contributed by atoms with Gasteiger partial charge >= 0.3 is 6.03 Å². The predicted octanol–water partition coefficient (Wildman–Crippen LogP) is 1.56. The molecule has 0 saturated carbocycles. The Bertz CT molecular complexity index is 841. The first-order valence-corrected chi connectivity index (χ1v) is 9.15. The Morgan fingerprint density at radius 1 is 1.25 bits per heavy atom. The number of anilines is 3. The van der Waals surface area contributed by atoms with E-state index in [9.17, 15) is 9.59 Å². The van der Waals surface area contributed by atoms with E-state index in [1.165, 1.54) is 4.90 Å². The molecule has 1 saturated heterocycles. The highest BCUT2D eigenvalue weighted by Gasteiger charge is 2.24. The summed E-state index contributed by atoms with van der Waals surface area (Å²) in [7, 11) is 3.43. The number of nitrogens with two attached hydrogens (primary N) is 1. The van der Waals surface area contributed by atoms with Crippen molar-refractivity contribution < 1.29 is 9.59 Å². The monoisotopic (exact) mass is 383 g/mol. The van der Waals surface area contributed by atoms with E-state index in [1.807, 2.05) is 30.3 Å². The van der Waals surface area contributed by atoms with Crippen LogP contribution in [0.2, 0.25) is 0 Å². The summed E-state index contributed by atoms with van der Waals surface area (Å²) in [5.41, 5.74) is 6.32. The maximum atomic E-state index is 11.9. The Hall–Kier alpha value is -3.36. The summed E-state index contributed by atoms with van der Waals surface area (Å²) in [6, 6.07) is 9.30. The number of nitrogens with zero attached hydrogens (tertiary/aromatic N) is 4. The van der Waals surface area contributed by atoms with Gasteiger partial charge in [-0.2, -0.15) is 0 Å². The second kappa shape index (κ2) is 8.55. The Balaban J connectivity index is 1.80. The second-order valence-corrected chi connectivity index (χ2v) is 6.91. The van der Waals surface area contributed by atoms with Crippen LogP contribution in [-0.4, -0.2) is 60.0 Å². The zero-order chi connectivity index (χ0) is 20.1. The molecule has 2 aromatic rings. The van der Waals surface area contributed by atoms with Crippen LogP contribution >= 0.6 is 0 Å². The molecule has 9 nitrogen and oxygen atoms in total. The largest absolute Gasteiger partial charge is 0.364 e. The normalized spacial score (nSPS) is 16.4. The van der Waals surface area contributed by atoms with Crippen LogP contribution in [0.15, 0.2) is 36.5 Å². The highest BCUT2D eigenvalue weighted by molar-refractivity contribution is 5.96. The number of urea groups is 1. The van der Waals surface area contributed by atoms with Crippen LogP contribution in [0.25, 0.3) is 0 Å². The van der Waals surface area contributed by atoms with Crippen molar-refractivity contribution in [1.82, 2.24) is 20.2 Å². The summed E-state index contributed by atoms with van der Waals surface area (Å²) >= 11 is 0. The zero-order valence-electron chi connectivity index (χ0n) is 16.1. The van der Waals surface area contributed by atoms with E-state index in [1.54, 1.807) is 20.3 Å². The van der Waals surface area contributed by atoms with Crippen LogP contribution in [0.1, 0.15) is 23.3 Å². The van der Waals surface area contributed by atoms with Crippen molar-refractivity contribution in [3.05, 3.63) is 42.2 Å². The average Bonchev–Trinajstić information content (AvgIpc) is 2.68. The van der Waals surface area contributed by atoms with Gasteiger partial charge in [-0.1, -0.05) is 18.2 Å². The third kappa shape index (κ3) is 4.67. The minimum atomic E-state index is -0.646. The molecule has 0 aliphatic carbocycles. The smallest absolute Gasteiger partial charge is 0.317 e. The van der Waals surface area contributed by atoms with E-state index in [-0.39, 0.29) is 17.8 Å². The van der Waals surface area contributed by atoms with Gasteiger partial charge in [-0.3, -0.25) is 4.79 Å². The van der Waals surface area contributed by atoms with Gasteiger partial charge in [0.05, 0.1) is 6.20 Å². The van der Waals surface area contributed by atoms with E-state index < -0.39 is 5.91 Å². The molecule has 4 N–H and O–H groups in total. The highest BCUT2D eigenvalue weighted by atomic mass is 16.2. The van der Waals surface area contributed by atoms with Gasteiger partial charge in [0.2, 0.25) is 0 Å². The summed E-state index contributed by atoms with van der Waals surface area (Å²) in [5, 5.41) is 6.12. The van der Waals surface area contributed by atoms with Crippen molar-refractivity contribution in [3.8, 4) is 0 Å². The van der Waals surface area contributed by atoms with Crippen molar-refractivity contribution >= 4 is 29.3 Å². The van der Waals surface area contributed by atoms with E-state index in [0.717, 1.165) is 25.1 Å². The van der Waals surface area contributed by atoms with Gasteiger partial charge in [0.25, 0.3) is 5.91 Å². The Kier molecular flexibility index (Phi) is 5.93. The summed E-state index contributed by atoms with van der Waals surface area (Å²) in [5.74, 6) is 0.301. The number of aromatic nitrogens is 2. The van der Waals surface area contributed by atoms with Crippen molar-refractivity contribution in [2.75, 3.05) is 37.4 Å². The minimum absolute atomic E-state index is 0.0202. The van der Waals surface area contributed by atoms with Crippen molar-refractivity contribution in [2.24, 2.45) is 5.73 Å². The van der Waals surface area contributed by atoms with Crippen LogP contribution < -0.4 is 21.3 Å². The van der Waals surface area contributed by atoms with Crippen molar-refractivity contribution in [1.29, 1.82) is 0 Å². The van der Waals surface area contributed by atoms with Gasteiger partial charge in [0.1, 0.15) is 5.82 Å². The zero-order valence-corrected chi connectivity index (χ0v) is 16.1. The fourth-order valence-corrected chi connectivity index (χ4v) is 3.06. The molecule has 1 aliphatic heterocycles. The molecule has 1 aromatic heterocycles. The molecule has 148 valence electrons. The highest BCUT2D eigenvalue weighted by Crippen LogP contribution is 2.23. The van der Waals surface area contributed by atoms with Gasteiger partial charge in [-0.15, -0.1) is 0 Å². The first-order chi connectivity index (χ1) is 13.4. The number of carbonyl (C=O) groups is 2. The fourth-order valence-electron chi connectivity index (χ4n) is 3.06. The molecule has 0 bridgehead atoms. The molecule has 1 unspecified atom stereocenters. The molecule has 3 rings (SSSR count).